The number of primary amides is 1. The van der Waals surface area contributed by atoms with Crippen LogP contribution in [-0.4, -0.2) is 24.0 Å². The highest BCUT2D eigenvalue weighted by atomic mass is 16.5. The molecule has 0 aliphatic rings. The van der Waals surface area contributed by atoms with Gasteiger partial charge in [0.2, 0.25) is 0 Å². The number of hydrogen-bond acceptors (Lipinski definition) is 4. The van der Waals surface area contributed by atoms with E-state index in [0.717, 1.165) is 5.76 Å². The third kappa shape index (κ3) is 3.92. The maximum Gasteiger partial charge on any atom is 0.314 e. The number of carbonyl (C=O) groups excluding carboxylic acids is 1. The summed E-state index contributed by atoms with van der Waals surface area (Å²) in [7, 11) is 0. The summed E-state index contributed by atoms with van der Waals surface area (Å²) in [5.41, 5.74) is 4.83. The molecule has 1 heterocycles. The van der Waals surface area contributed by atoms with Gasteiger partial charge in [-0.2, -0.15) is 0 Å². The van der Waals surface area contributed by atoms with E-state index >= 15 is 0 Å². The number of aryl methyl sites for hydroxylation is 1. The molecule has 0 radical (unpaired) electrons. The SMILES string of the molecule is Cc1ccc(C(C)OCC(O)NC(N)=O)o1. The number of nitrogens with two attached hydrogens (primary N) is 1. The molecule has 2 atom stereocenters. The molecule has 6 nitrogen and oxygen atoms in total. The standard InChI is InChI=1S/C10H16N2O4/c1-6-3-4-8(16-6)7(2)15-5-9(13)12-10(11)14/h3-4,7,9,13H,5H2,1-2H3,(H3,11,12,14). The summed E-state index contributed by atoms with van der Waals surface area (Å²) in [4.78, 5) is 10.4. The van der Waals surface area contributed by atoms with Gasteiger partial charge in [-0.1, -0.05) is 0 Å². The summed E-state index contributed by atoms with van der Waals surface area (Å²) in [6.45, 7) is 3.57. The van der Waals surface area contributed by atoms with Crippen molar-refractivity contribution in [1.29, 1.82) is 0 Å². The number of urea groups is 1. The minimum absolute atomic E-state index is 0.0517. The first-order valence-corrected chi connectivity index (χ1v) is 4.91. The maximum absolute atomic E-state index is 10.4. The quantitative estimate of drug-likeness (QED) is 0.644. The van der Waals surface area contributed by atoms with Gasteiger partial charge < -0.3 is 25.3 Å². The Bertz CT molecular complexity index is 350. The fourth-order valence-electron chi connectivity index (χ4n) is 1.20. The number of rotatable bonds is 5. The zero-order valence-electron chi connectivity index (χ0n) is 9.27. The van der Waals surface area contributed by atoms with Crippen molar-refractivity contribution in [2.24, 2.45) is 5.73 Å². The first-order valence-electron chi connectivity index (χ1n) is 4.91. The summed E-state index contributed by atoms with van der Waals surface area (Å²) >= 11 is 0. The van der Waals surface area contributed by atoms with E-state index in [1.807, 2.05) is 13.0 Å². The highest BCUT2D eigenvalue weighted by molar-refractivity contribution is 5.71. The lowest BCUT2D eigenvalue weighted by Gasteiger charge is -2.15. The Morgan fingerprint density at radius 1 is 1.69 bits per heavy atom. The summed E-state index contributed by atoms with van der Waals surface area (Å²) in [6, 6.07) is 2.83. The van der Waals surface area contributed by atoms with E-state index in [0.29, 0.717) is 5.76 Å². The molecule has 90 valence electrons. The Hall–Kier alpha value is -1.53. The average molecular weight is 228 g/mol. The second-order valence-electron chi connectivity index (χ2n) is 3.45. The number of carbonyl (C=O) groups is 1. The van der Waals surface area contributed by atoms with Gasteiger partial charge in [-0.05, 0) is 26.0 Å². The fourth-order valence-corrected chi connectivity index (χ4v) is 1.20. The number of aliphatic hydroxyl groups excluding tert-OH is 1. The van der Waals surface area contributed by atoms with E-state index < -0.39 is 12.3 Å². The fraction of sp³-hybridized carbons (Fsp3) is 0.500. The van der Waals surface area contributed by atoms with Crippen LogP contribution in [0.15, 0.2) is 16.5 Å². The molecule has 6 heteroatoms. The van der Waals surface area contributed by atoms with Crippen molar-refractivity contribution in [2.75, 3.05) is 6.61 Å². The molecule has 1 rings (SSSR count). The van der Waals surface area contributed by atoms with Gasteiger partial charge >= 0.3 is 6.03 Å². The van der Waals surface area contributed by atoms with Crippen LogP contribution in [0.3, 0.4) is 0 Å². The molecule has 2 amide bonds. The Morgan fingerprint density at radius 3 is 2.88 bits per heavy atom. The highest BCUT2D eigenvalue weighted by Gasteiger charge is 2.13. The van der Waals surface area contributed by atoms with Gasteiger partial charge in [-0.25, -0.2) is 4.79 Å². The summed E-state index contributed by atoms with van der Waals surface area (Å²) in [5, 5.41) is 11.3. The molecule has 1 aromatic rings. The van der Waals surface area contributed by atoms with E-state index in [-0.39, 0.29) is 12.7 Å². The van der Waals surface area contributed by atoms with Crippen LogP contribution >= 0.6 is 0 Å². The van der Waals surface area contributed by atoms with Crippen molar-refractivity contribution >= 4 is 6.03 Å². The molecule has 1 aromatic heterocycles. The zero-order chi connectivity index (χ0) is 12.1. The molecular formula is C10H16N2O4. The predicted molar refractivity (Wildman–Crippen MR) is 56.5 cm³/mol. The third-order valence-corrected chi connectivity index (χ3v) is 1.97. The monoisotopic (exact) mass is 228 g/mol. The number of amides is 2. The number of nitrogens with one attached hydrogen (secondary N) is 1. The van der Waals surface area contributed by atoms with E-state index in [1.165, 1.54) is 0 Å². The predicted octanol–water partition coefficient (Wildman–Crippen LogP) is 0.652. The Balaban J connectivity index is 2.35. The van der Waals surface area contributed by atoms with Gasteiger partial charge in [0.05, 0.1) is 6.61 Å². The molecule has 0 bridgehead atoms. The van der Waals surface area contributed by atoms with Gasteiger partial charge in [0.15, 0.2) is 6.23 Å². The normalized spacial score (nSPS) is 14.4. The highest BCUT2D eigenvalue weighted by Crippen LogP contribution is 2.18. The second-order valence-corrected chi connectivity index (χ2v) is 3.45. The van der Waals surface area contributed by atoms with Crippen molar-refractivity contribution in [2.45, 2.75) is 26.2 Å². The number of ether oxygens (including phenoxy) is 1. The number of hydrogen-bond donors (Lipinski definition) is 3. The van der Waals surface area contributed by atoms with Crippen LogP contribution in [-0.2, 0) is 4.74 Å². The molecule has 0 fully saturated rings. The van der Waals surface area contributed by atoms with E-state index in [2.05, 4.69) is 5.32 Å². The lowest BCUT2D eigenvalue weighted by Crippen LogP contribution is -2.41. The van der Waals surface area contributed by atoms with Crippen molar-refractivity contribution < 1.29 is 19.1 Å². The van der Waals surface area contributed by atoms with Crippen LogP contribution in [0.2, 0.25) is 0 Å². The molecule has 0 saturated heterocycles. The molecule has 2 unspecified atom stereocenters. The van der Waals surface area contributed by atoms with Gasteiger partial charge in [-0.15, -0.1) is 0 Å². The van der Waals surface area contributed by atoms with Crippen LogP contribution in [0.1, 0.15) is 24.5 Å². The van der Waals surface area contributed by atoms with Crippen LogP contribution in [0.25, 0.3) is 0 Å². The van der Waals surface area contributed by atoms with Crippen LogP contribution in [0, 0.1) is 6.92 Å². The molecule has 0 aliphatic heterocycles. The molecule has 4 N–H and O–H groups in total. The number of furan rings is 1. The Kier molecular flexibility index (Phi) is 4.33. The molecule has 0 aromatic carbocycles. The smallest absolute Gasteiger partial charge is 0.314 e. The van der Waals surface area contributed by atoms with Gasteiger partial charge in [0.1, 0.15) is 17.6 Å². The molecule has 0 spiro atoms. The molecule has 0 saturated carbocycles. The van der Waals surface area contributed by atoms with Crippen LogP contribution in [0.4, 0.5) is 4.79 Å². The Labute approximate surface area is 93.4 Å². The topological polar surface area (TPSA) is 97.7 Å². The minimum Gasteiger partial charge on any atom is -0.464 e. The van der Waals surface area contributed by atoms with Crippen molar-refractivity contribution in [3.63, 3.8) is 0 Å². The molecular weight excluding hydrogens is 212 g/mol. The first kappa shape index (κ1) is 12.5. The summed E-state index contributed by atoms with van der Waals surface area (Å²) < 4.78 is 10.6. The van der Waals surface area contributed by atoms with Crippen LogP contribution < -0.4 is 11.1 Å². The minimum atomic E-state index is -1.11. The first-order chi connectivity index (χ1) is 7.49. The van der Waals surface area contributed by atoms with E-state index in [1.54, 1.807) is 13.0 Å². The van der Waals surface area contributed by atoms with Crippen molar-refractivity contribution in [3.05, 3.63) is 23.7 Å². The van der Waals surface area contributed by atoms with E-state index in [4.69, 9.17) is 14.9 Å². The van der Waals surface area contributed by atoms with Crippen LogP contribution in [0.5, 0.6) is 0 Å². The second kappa shape index (κ2) is 5.53. The summed E-state index contributed by atoms with van der Waals surface area (Å²) in [6.07, 6.45) is -1.41. The van der Waals surface area contributed by atoms with Gasteiger partial charge in [-0.3, -0.25) is 0 Å². The Morgan fingerprint density at radius 2 is 2.38 bits per heavy atom. The largest absolute Gasteiger partial charge is 0.464 e. The van der Waals surface area contributed by atoms with E-state index in [9.17, 15) is 9.90 Å². The maximum atomic E-state index is 10.4. The molecule has 0 aliphatic carbocycles. The molecule has 16 heavy (non-hydrogen) atoms. The third-order valence-electron chi connectivity index (χ3n) is 1.97. The van der Waals surface area contributed by atoms with Crippen molar-refractivity contribution in [1.82, 2.24) is 5.32 Å². The van der Waals surface area contributed by atoms with Gasteiger partial charge in [0.25, 0.3) is 0 Å². The summed E-state index contributed by atoms with van der Waals surface area (Å²) in [5.74, 6) is 1.46. The lowest BCUT2D eigenvalue weighted by molar-refractivity contribution is -0.0182. The number of aliphatic hydroxyl groups is 1. The van der Waals surface area contributed by atoms with Gasteiger partial charge in [0, 0.05) is 0 Å². The zero-order valence-corrected chi connectivity index (χ0v) is 9.27. The van der Waals surface area contributed by atoms with Crippen molar-refractivity contribution in [3.8, 4) is 0 Å². The lowest BCUT2D eigenvalue weighted by atomic mass is 10.3. The average Bonchev–Trinajstić information content (AvgIpc) is 2.60.